The minimum absolute atomic E-state index is 0.0739. The second kappa shape index (κ2) is 8.98. The molecule has 0 radical (unpaired) electrons. The van der Waals surface area contributed by atoms with Crippen molar-refractivity contribution in [2.75, 3.05) is 13.1 Å². The smallest absolute Gasteiger partial charge is 0.123 e. The lowest BCUT2D eigenvalue weighted by Gasteiger charge is -2.47. The number of piperidine rings is 1. The van der Waals surface area contributed by atoms with Crippen LogP contribution >= 0.6 is 7.21 Å². The van der Waals surface area contributed by atoms with Crippen LogP contribution in [0, 0.1) is 5.82 Å². The lowest BCUT2D eigenvalue weighted by atomic mass is 10.1. The van der Waals surface area contributed by atoms with E-state index in [9.17, 15) is 4.39 Å². The highest BCUT2D eigenvalue weighted by Crippen LogP contribution is 2.64. The first-order chi connectivity index (χ1) is 16.3. The van der Waals surface area contributed by atoms with E-state index in [1.54, 1.807) is 0 Å². The van der Waals surface area contributed by atoms with E-state index in [0.29, 0.717) is 0 Å². The standard InChI is InChI=1S/C29H35FN3P/c1-5-33-27-12-8-7-11-25(27)26-21-24(17-18-28(26)33)34(29(2,3)4,32-19-9-6-10-20-32)31-23-15-13-22(30)14-16-23/h7-8,11-18,21H,5-6,9-10,19-20H2,1-4H3/t34-/m1/s1. The quantitative estimate of drug-likeness (QED) is 0.272. The van der Waals surface area contributed by atoms with Crippen LogP contribution < -0.4 is 5.30 Å². The van der Waals surface area contributed by atoms with Crippen molar-refractivity contribution in [3.8, 4) is 0 Å². The Bertz CT molecular complexity index is 1370. The number of benzene rings is 3. The monoisotopic (exact) mass is 475 g/mol. The Morgan fingerprint density at radius 1 is 0.853 bits per heavy atom. The molecule has 0 N–H and O–H groups in total. The fourth-order valence-electron chi connectivity index (χ4n) is 5.66. The summed E-state index contributed by atoms with van der Waals surface area (Å²) >= 11 is 0. The second-order valence-corrected chi connectivity index (χ2v) is 14.2. The maximum Gasteiger partial charge on any atom is 0.123 e. The van der Waals surface area contributed by atoms with Gasteiger partial charge < -0.3 is 4.57 Å². The normalized spacial score (nSPS) is 17.2. The molecular weight excluding hydrogens is 440 g/mol. The van der Waals surface area contributed by atoms with Gasteiger partial charge in [0, 0.05) is 51.9 Å². The second-order valence-electron chi connectivity index (χ2n) is 10.3. The van der Waals surface area contributed by atoms with Gasteiger partial charge in [-0.2, -0.15) is 0 Å². The zero-order valence-electron chi connectivity index (χ0n) is 20.8. The summed E-state index contributed by atoms with van der Waals surface area (Å²) in [6.07, 6.45) is 3.68. The van der Waals surface area contributed by atoms with Crippen LogP contribution in [0.15, 0.2) is 71.5 Å². The maximum absolute atomic E-state index is 13.7. The van der Waals surface area contributed by atoms with Gasteiger partial charge in [-0.3, -0.25) is 4.67 Å². The van der Waals surface area contributed by atoms with Gasteiger partial charge in [-0.25, -0.2) is 9.14 Å². The SMILES string of the molecule is CCn1c2ccccc2c2cc([P@@](=Nc3ccc(F)cc3)(N3CCCCC3)C(C)(C)C)ccc21. The molecule has 1 aliphatic rings. The molecule has 0 amide bonds. The summed E-state index contributed by atoms with van der Waals surface area (Å²) in [6, 6.07) is 22.5. The number of aromatic nitrogens is 1. The number of fused-ring (bicyclic) bond motifs is 3. The highest BCUT2D eigenvalue weighted by molar-refractivity contribution is 7.73. The molecule has 0 spiro atoms. The third kappa shape index (κ3) is 3.82. The Kier molecular flexibility index (Phi) is 6.16. The summed E-state index contributed by atoms with van der Waals surface area (Å²) in [6.45, 7) is 12.3. The zero-order valence-corrected chi connectivity index (χ0v) is 21.7. The van der Waals surface area contributed by atoms with Gasteiger partial charge >= 0.3 is 0 Å². The molecule has 0 aliphatic carbocycles. The van der Waals surface area contributed by atoms with Crippen LogP contribution in [0.4, 0.5) is 10.1 Å². The molecule has 178 valence electrons. The van der Waals surface area contributed by atoms with Gasteiger partial charge in [0.1, 0.15) is 5.82 Å². The lowest BCUT2D eigenvalue weighted by Crippen LogP contribution is -2.39. The van der Waals surface area contributed by atoms with Crippen molar-refractivity contribution < 1.29 is 4.39 Å². The van der Waals surface area contributed by atoms with E-state index >= 15 is 0 Å². The van der Waals surface area contributed by atoms with Gasteiger partial charge in [-0.1, -0.05) is 45.4 Å². The minimum Gasteiger partial charge on any atom is -0.341 e. The molecule has 1 aromatic heterocycles. The van der Waals surface area contributed by atoms with Crippen LogP contribution in [0.1, 0.15) is 47.0 Å². The van der Waals surface area contributed by atoms with E-state index in [-0.39, 0.29) is 11.0 Å². The number of para-hydroxylation sites is 1. The summed E-state index contributed by atoms with van der Waals surface area (Å²) in [4.78, 5) is 0. The Hall–Kier alpha value is -2.42. The van der Waals surface area contributed by atoms with Crippen molar-refractivity contribution in [2.45, 2.75) is 58.7 Å². The van der Waals surface area contributed by atoms with Gasteiger partial charge in [0.15, 0.2) is 0 Å². The van der Waals surface area contributed by atoms with Crippen molar-refractivity contribution >= 4 is 40.0 Å². The molecule has 3 aromatic carbocycles. The van der Waals surface area contributed by atoms with Gasteiger partial charge in [-0.15, -0.1) is 0 Å². The molecule has 0 bridgehead atoms. The predicted molar refractivity (Wildman–Crippen MR) is 145 cm³/mol. The molecule has 0 saturated carbocycles. The first-order valence-corrected chi connectivity index (χ1v) is 14.2. The molecule has 4 aromatic rings. The molecule has 1 fully saturated rings. The van der Waals surface area contributed by atoms with E-state index in [0.717, 1.165) is 25.3 Å². The van der Waals surface area contributed by atoms with E-state index < -0.39 is 7.21 Å². The summed E-state index contributed by atoms with van der Waals surface area (Å²) in [5.74, 6) is -0.217. The predicted octanol–water partition coefficient (Wildman–Crippen LogP) is 8.31. The number of nitrogens with zero attached hydrogens (tertiary/aromatic N) is 3. The highest BCUT2D eigenvalue weighted by atomic mass is 31.2. The Morgan fingerprint density at radius 3 is 2.21 bits per heavy atom. The van der Waals surface area contributed by atoms with Crippen molar-refractivity contribution in [2.24, 2.45) is 4.74 Å². The average Bonchev–Trinajstić information content (AvgIpc) is 3.16. The molecule has 5 rings (SSSR count). The maximum atomic E-state index is 13.7. The Morgan fingerprint density at radius 2 is 1.53 bits per heavy atom. The van der Waals surface area contributed by atoms with Crippen molar-refractivity contribution in [1.29, 1.82) is 0 Å². The fourth-order valence-corrected chi connectivity index (χ4v) is 10.1. The number of halogens is 1. The van der Waals surface area contributed by atoms with Crippen molar-refractivity contribution in [3.63, 3.8) is 0 Å². The van der Waals surface area contributed by atoms with E-state index in [1.807, 2.05) is 12.1 Å². The number of aryl methyl sites for hydroxylation is 1. The molecule has 0 unspecified atom stereocenters. The third-order valence-electron chi connectivity index (χ3n) is 7.20. The largest absolute Gasteiger partial charge is 0.341 e. The number of rotatable bonds is 4. The van der Waals surface area contributed by atoms with Gasteiger partial charge in [-0.05, 0) is 68.3 Å². The third-order valence-corrected chi connectivity index (χ3v) is 11.8. The van der Waals surface area contributed by atoms with Gasteiger partial charge in [0.05, 0.1) is 12.9 Å². The molecule has 34 heavy (non-hydrogen) atoms. The number of hydrogen-bond donors (Lipinski definition) is 0. The zero-order chi connectivity index (χ0) is 23.9. The molecular formula is C29H35FN3P. The first-order valence-electron chi connectivity index (χ1n) is 12.5. The Balaban J connectivity index is 1.84. The summed E-state index contributed by atoms with van der Waals surface area (Å²) in [5, 5.41) is 3.84. The fraction of sp³-hybridized carbons (Fsp3) is 0.379. The average molecular weight is 476 g/mol. The van der Waals surface area contributed by atoms with Crippen LogP contribution in [-0.2, 0) is 6.54 Å². The Labute approximate surface area is 202 Å². The van der Waals surface area contributed by atoms with Crippen LogP contribution in [-0.4, -0.2) is 27.5 Å². The summed E-state index contributed by atoms with van der Waals surface area (Å²) in [7, 11) is -2.20. The highest BCUT2D eigenvalue weighted by Gasteiger charge is 2.41. The lowest BCUT2D eigenvalue weighted by molar-refractivity contribution is 0.361. The van der Waals surface area contributed by atoms with Crippen LogP contribution in [0.2, 0.25) is 0 Å². The van der Waals surface area contributed by atoms with Crippen LogP contribution in [0.25, 0.3) is 21.8 Å². The number of hydrogen-bond acceptors (Lipinski definition) is 1. The molecule has 1 atom stereocenters. The molecule has 1 aliphatic heterocycles. The molecule has 2 heterocycles. The van der Waals surface area contributed by atoms with E-state index in [2.05, 4.69) is 79.4 Å². The van der Waals surface area contributed by atoms with E-state index in [4.69, 9.17) is 4.74 Å². The van der Waals surface area contributed by atoms with Gasteiger partial charge in [0.25, 0.3) is 0 Å². The summed E-state index contributed by atoms with van der Waals surface area (Å²) in [5.41, 5.74) is 3.43. The molecule has 1 saturated heterocycles. The van der Waals surface area contributed by atoms with Gasteiger partial charge in [0.2, 0.25) is 0 Å². The van der Waals surface area contributed by atoms with Crippen LogP contribution in [0.3, 0.4) is 0 Å². The van der Waals surface area contributed by atoms with Crippen LogP contribution in [0.5, 0.6) is 0 Å². The first kappa shape index (κ1) is 23.3. The summed E-state index contributed by atoms with van der Waals surface area (Å²) < 4.78 is 24.4. The molecule has 5 heteroatoms. The molecule has 3 nitrogen and oxygen atoms in total. The van der Waals surface area contributed by atoms with Crippen molar-refractivity contribution in [3.05, 3.63) is 72.5 Å². The minimum atomic E-state index is -2.20. The topological polar surface area (TPSA) is 20.5 Å². The van der Waals surface area contributed by atoms with Crippen molar-refractivity contribution in [1.82, 2.24) is 9.24 Å². The van der Waals surface area contributed by atoms with E-state index in [1.165, 1.54) is 58.5 Å².